The highest BCUT2D eigenvalue weighted by Crippen LogP contribution is 2.29. The minimum atomic E-state index is -0.517. The molecule has 4 rings (SSSR count). The number of hydrogen-bond acceptors (Lipinski definition) is 7. The van der Waals surface area contributed by atoms with Crippen molar-refractivity contribution < 1.29 is 18.7 Å². The number of esters is 1. The molecule has 1 atom stereocenters. The first-order valence-electron chi connectivity index (χ1n) is 9.13. The predicted molar refractivity (Wildman–Crippen MR) is 108 cm³/mol. The molecule has 1 aromatic heterocycles. The third-order valence-corrected chi connectivity index (χ3v) is 5.37. The number of anilines is 1. The summed E-state index contributed by atoms with van der Waals surface area (Å²) in [7, 11) is 0. The fraction of sp³-hybridized carbons (Fsp3) is 0.238. The largest absolute Gasteiger partial charge is 0.455 e. The maximum atomic E-state index is 12.4. The molecule has 2 heterocycles. The molecule has 0 bridgehead atoms. The van der Waals surface area contributed by atoms with Crippen molar-refractivity contribution >= 4 is 29.3 Å². The second-order valence-corrected chi connectivity index (χ2v) is 7.46. The highest BCUT2D eigenvalue weighted by molar-refractivity contribution is 7.98. The molecule has 8 heteroatoms. The Hall–Kier alpha value is -3.13. The summed E-state index contributed by atoms with van der Waals surface area (Å²) < 4.78 is 10.9. The summed E-state index contributed by atoms with van der Waals surface area (Å²) in [4.78, 5) is 27.5. The summed E-state index contributed by atoms with van der Waals surface area (Å²) in [5.74, 6) is -0.466. The van der Waals surface area contributed by atoms with Gasteiger partial charge in [0, 0.05) is 29.1 Å². The molecule has 1 saturated heterocycles. The fourth-order valence-corrected chi connectivity index (χ4v) is 3.61. The number of carbonyl (C=O) groups is 2. The topological polar surface area (TPSA) is 85.5 Å². The maximum absolute atomic E-state index is 12.4. The second-order valence-electron chi connectivity index (χ2n) is 6.58. The minimum absolute atomic E-state index is 0.0886. The third kappa shape index (κ3) is 4.32. The number of aromatic nitrogens is 2. The van der Waals surface area contributed by atoms with Gasteiger partial charge in [-0.25, -0.2) is 0 Å². The van der Waals surface area contributed by atoms with Crippen LogP contribution in [0.4, 0.5) is 5.69 Å². The average Bonchev–Trinajstić information content (AvgIpc) is 3.39. The lowest BCUT2D eigenvalue weighted by molar-refractivity contribution is -0.150. The molecule has 0 radical (unpaired) electrons. The quantitative estimate of drug-likeness (QED) is 0.454. The van der Waals surface area contributed by atoms with Gasteiger partial charge in [0.05, 0.1) is 5.92 Å². The van der Waals surface area contributed by atoms with Crippen molar-refractivity contribution in [2.45, 2.75) is 17.9 Å². The van der Waals surface area contributed by atoms with E-state index in [-0.39, 0.29) is 24.8 Å². The van der Waals surface area contributed by atoms with Gasteiger partial charge >= 0.3 is 5.97 Å². The van der Waals surface area contributed by atoms with Crippen LogP contribution in [-0.2, 0) is 20.9 Å². The Balaban J connectivity index is 1.36. The van der Waals surface area contributed by atoms with Crippen molar-refractivity contribution in [3.05, 3.63) is 60.5 Å². The third-order valence-electron chi connectivity index (χ3n) is 4.65. The van der Waals surface area contributed by atoms with Crippen molar-refractivity contribution in [3.63, 3.8) is 0 Å². The second kappa shape index (κ2) is 8.48. The fourth-order valence-electron chi connectivity index (χ4n) is 3.15. The Morgan fingerprint density at radius 2 is 2.03 bits per heavy atom. The molecule has 1 aliphatic rings. The van der Waals surface area contributed by atoms with E-state index in [1.807, 2.05) is 60.9 Å². The molecule has 1 amide bonds. The van der Waals surface area contributed by atoms with Crippen LogP contribution in [0.15, 0.2) is 63.9 Å². The predicted octanol–water partition coefficient (Wildman–Crippen LogP) is 3.55. The van der Waals surface area contributed by atoms with Crippen LogP contribution in [0.2, 0.25) is 0 Å². The number of rotatable bonds is 6. The smallest absolute Gasteiger partial charge is 0.311 e. The van der Waals surface area contributed by atoms with E-state index in [2.05, 4.69) is 10.2 Å². The van der Waals surface area contributed by atoms with Crippen molar-refractivity contribution in [1.82, 2.24) is 10.2 Å². The molecule has 7 nitrogen and oxygen atoms in total. The first-order valence-corrected chi connectivity index (χ1v) is 10.4. The van der Waals surface area contributed by atoms with Gasteiger partial charge in [0.15, 0.2) is 6.61 Å². The summed E-state index contributed by atoms with van der Waals surface area (Å²) >= 11 is 1.60. The molecular formula is C21H19N3O4S. The van der Waals surface area contributed by atoms with Crippen LogP contribution in [0.5, 0.6) is 0 Å². The summed E-state index contributed by atoms with van der Waals surface area (Å²) in [6.07, 6.45) is 2.10. The van der Waals surface area contributed by atoms with Crippen molar-refractivity contribution in [2.24, 2.45) is 5.92 Å². The molecule has 1 fully saturated rings. The highest BCUT2D eigenvalue weighted by atomic mass is 32.2. The summed E-state index contributed by atoms with van der Waals surface area (Å²) in [5, 5.41) is 7.88. The van der Waals surface area contributed by atoms with Crippen LogP contribution in [0.3, 0.4) is 0 Å². The molecule has 29 heavy (non-hydrogen) atoms. The van der Waals surface area contributed by atoms with E-state index in [9.17, 15) is 9.59 Å². The minimum Gasteiger partial charge on any atom is -0.455 e. The van der Waals surface area contributed by atoms with Crippen LogP contribution in [-0.4, -0.2) is 34.9 Å². The Morgan fingerprint density at radius 1 is 1.21 bits per heavy atom. The highest BCUT2D eigenvalue weighted by Gasteiger charge is 2.36. The van der Waals surface area contributed by atoms with E-state index in [0.717, 1.165) is 16.1 Å². The van der Waals surface area contributed by atoms with Crippen LogP contribution < -0.4 is 4.90 Å². The molecule has 148 valence electrons. The molecule has 0 aliphatic carbocycles. The van der Waals surface area contributed by atoms with Gasteiger partial charge in [-0.2, -0.15) is 0 Å². The number of thioether (sulfide) groups is 1. The Bertz CT molecular complexity index is 1020. The lowest BCUT2D eigenvalue weighted by Crippen LogP contribution is -2.26. The van der Waals surface area contributed by atoms with E-state index in [4.69, 9.17) is 9.15 Å². The Labute approximate surface area is 172 Å². The number of carbonyl (C=O) groups excluding carboxylic acids is 2. The number of hydrogen-bond donors (Lipinski definition) is 0. The summed E-state index contributed by atoms with van der Waals surface area (Å²) in [6.45, 7) is 0.180. The van der Waals surface area contributed by atoms with Crippen LogP contribution in [0.1, 0.15) is 12.3 Å². The lowest BCUT2D eigenvalue weighted by atomic mass is 10.1. The van der Waals surface area contributed by atoms with E-state index in [0.29, 0.717) is 12.4 Å². The standard InChI is InChI=1S/C21H19N3O4S/c1-29-17-9-5-8-16(11-17)24-12-15(10-19(24)25)21(26)27-13-18-22-23-20(28-18)14-6-3-2-4-7-14/h2-9,11,15H,10,12-13H2,1H3/t15-/m0/s1. The van der Waals surface area contributed by atoms with Gasteiger partial charge in [0.1, 0.15) is 0 Å². The van der Waals surface area contributed by atoms with Gasteiger partial charge in [-0.3, -0.25) is 9.59 Å². The number of amides is 1. The maximum Gasteiger partial charge on any atom is 0.311 e. The first-order chi connectivity index (χ1) is 14.1. The summed E-state index contributed by atoms with van der Waals surface area (Å²) in [6, 6.07) is 17.0. The van der Waals surface area contributed by atoms with E-state index in [1.165, 1.54) is 0 Å². The average molecular weight is 409 g/mol. The number of ether oxygens (including phenoxy) is 1. The normalized spacial score (nSPS) is 16.2. The van der Waals surface area contributed by atoms with Gasteiger partial charge in [-0.15, -0.1) is 22.0 Å². The van der Waals surface area contributed by atoms with Crippen LogP contribution >= 0.6 is 11.8 Å². The SMILES string of the molecule is CSc1cccc(N2C[C@@H](C(=O)OCc3nnc(-c4ccccc4)o3)CC2=O)c1. The van der Waals surface area contributed by atoms with Crippen LogP contribution in [0.25, 0.3) is 11.5 Å². The molecular weight excluding hydrogens is 390 g/mol. The van der Waals surface area contributed by atoms with Gasteiger partial charge in [-0.05, 0) is 36.6 Å². The zero-order valence-electron chi connectivity index (χ0n) is 15.8. The van der Waals surface area contributed by atoms with Gasteiger partial charge in [0.2, 0.25) is 11.8 Å². The van der Waals surface area contributed by atoms with E-state index >= 15 is 0 Å². The van der Waals surface area contributed by atoms with Gasteiger partial charge in [-0.1, -0.05) is 24.3 Å². The lowest BCUT2D eigenvalue weighted by Gasteiger charge is -2.17. The number of nitrogens with zero attached hydrogens (tertiary/aromatic N) is 3. The molecule has 1 aliphatic heterocycles. The zero-order valence-corrected chi connectivity index (χ0v) is 16.6. The zero-order chi connectivity index (χ0) is 20.2. The van der Waals surface area contributed by atoms with E-state index in [1.54, 1.807) is 16.7 Å². The van der Waals surface area contributed by atoms with E-state index < -0.39 is 11.9 Å². The molecule has 0 saturated carbocycles. The molecule has 2 aromatic carbocycles. The Kier molecular flexibility index (Phi) is 5.62. The summed E-state index contributed by atoms with van der Waals surface area (Å²) in [5.41, 5.74) is 1.59. The number of benzene rings is 2. The van der Waals surface area contributed by atoms with Crippen molar-refractivity contribution in [3.8, 4) is 11.5 Å². The Morgan fingerprint density at radius 3 is 2.83 bits per heavy atom. The first kappa shape index (κ1) is 19.2. The molecule has 0 spiro atoms. The van der Waals surface area contributed by atoms with Crippen molar-refractivity contribution in [2.75, 3.05) is 17.7 Å². The van der Waals surface area contributed by atoms with Crippen LogP contribution in [0, 0.1) is 5.92 Å². The van der Waals surface area contributed by atoms with Gasteiger partial charge < -0.3 is 14.1 Å². The van der Waals surface area contributed by atoms with Crippen molar-refractivity contribution in [1.29, 1.82) is 0 Å². The molecule has 0 N–H and O–H groups in total. The molecule has 0 unspecified atom stereocenters. The molecule has 3 aromatic rings. The van der Waals surface area contributed by atoms with Gasteiger partial charge in [0.25, 0.3) is 5.89 Å². The monoisotopic (exact) mass is 409 g/mol.